The Morgan fingerprint density at radius 3 is 2.76 bits per heavy atom. The molecule has 4 heteroatoms. The third kappa shape index (κ3) is 4.17. The van der Waals surface area contributed by atoms with Crippen molar-refractivity contribution in [3.63, 3.8) is 0 Å². The summed E-state index contributed by atoms with van der Waals surface area (Å²) in [6.07, 6.45) is 0.918. The second-order valence-corrected chi connectivity index (χ2v) is 4.22. The molecular formula is C13H19ClFNO. The number of methoxy groups -OCH3 is 1. The van der Waals surface area contributed by atoms with Crippen LogP contribution < -0.4 is 4.74 Å². The maximum absolute atomic E-state index is 13.9. The summed E-state index contributed by atoms with van der Waals surface area (Å²) in [4.78, 5) is 2.17. The number of benzene rings is 1. The van der Waals surface area contributed by atoms with Crippen LogP contribution >= 0.6 is 11.6 Å². The first-order valence-corrected chi connectivity index (χ1v) is 6.36. The Morgan fingerprint density at radius 2 is 2.18 bits per heavy atom. The van der Waals surface area contributed by atoms with Gasteiger partial charge in [-0.2, -0.15) is 0 Å². The Hall–Kier alpha value is -0.800. The number of ether oxygens (including phenoxy) is 1. The first-order valence-electron chi connectivity index (χ1n) is 5.82. The van der Waals surface area contributed by atoms with Crippen LogP contribution in [0.3, 0.4) is 0 Å². The lowest BCUT2D eigenvalue weighted by Gasteiger charge is -2.20. The van der Waals surface area contributed by atoms with E-state index < -0.39 is 0 Å². The summed E-state index contributed by atoms with van der Waals surface area (Å²) >= 11 is 5.66. The molecule has 0 amide bonds. The van der Waals surface area contributed by atoms with Crippen LogP contribution in [0.2, 0.25) is 0 Å². The minimum Gasteiger partial charge on any atom is -0.494 e. The first kappa shape index (κ1) is 14.3. The highest BCUT2D eigenvalue weighted by Gasteiger charge is 2.11. The van der Waals surface area contributed by atoms with E-state index in [0.29, 0.717) is 23.7 Å². The summed E-state index contributed by atoms with van der Waals surface area (Å²) < 4.78 is 18.9. The molecule has 0 aliphatic carbocycles. The van der Waals surface area contributed by atoms with Crippen molar-refractivity contribution in [2.24, 2.45) is 0 Å². The molecule has 0 heterocycles. The molecule has 0 aliphatic heterocycles. The molecule has 1 aromatic carbocycles. The summed E-state index contributed by atoms with van der Waals surface area (Å²) in [5.74, 6) is 0.673. The average molecular weight is 260 g/mol. The van der Waals surface area contributed by atoms with Gasteiger partial charge in [0.05, 0.1) is 7.11 Å². The molecule has 0 aliphatic rings. The first-order chi connectivity index (χ1) is 8.22. The Bertz CT molecular complexity index is 346. The van der Waals surface area contributed by atoms with Crippen LogP contribution in [0.4, 0.5) is 4.39 Å². The molecule has 0 saturated heterocycles. The number of halogens is 2. The minimum atomic E-state index is -0.265. The molecule has 0 radical (unpaired) electrons. The van der Waals surface area contributed by atoms with E-state index in [-0.39, 0.29) is 5.82 Å². The maximum atomic E-state index is 13.9. The number of alkyl halides is 1. The van der Waals surface area contributed by atoms with Gasteiger partial charge < -0.3 is 4.74 Å². The van der Waals surface area contributed by atoms with Crippen LogP contribution in [-0.4, -0.2) is 31.0 Å². The highest BCUT2D eigenvalue weighted by Crippen LogP contribution is 2.21. The second kappa shape index (κ2) is 7.51. The van der Waals surface area contributed by atoms with Gasteiger partial charge in [0.15, 0.2) is 11.6 Å². The molecule has 0 N–H and O–H groups in total. The van der Waals surface area contributed by atoms with Crippen LogP contribution in [0.25, 0.3) is 0 Å². The molecule has 0 fully saturated rings. The van der Waals surface area contributed by atoms with Crippen molar-refractivity contribution in [1.29, 1.82) is 0 Å². The second-order valence-electron chi connectivity index (χ2n) is 3.84. The molecule has 96 valence electrons. The van der Waals surface area contributed by atoms with Crippen LogP contribution in [-0.2, 0) is 6.54 Å². The van der Waals surface area contributed by atoms with E-state index in [1.807, 2.05) is 6.07 Å². The Morgan fingerprint density at radius 1 is 1.41 bits per heavy atom. The number of rotatable bonds is 7. The molecule has 1 aromatic rings. The zero-order valence-electron chi connectivity index (χ0n) is 10.4. The van der Waals surface area contributed by atoms with E-state index in [4.69, 9.17) is 16.3 Å². The van der Waals surface area contributed by atoms with Gasteiger partial charge in [-0.15, -0.1) is 11.6 Å². The third-order valence-electron chi connectivity index (χ3n) is 2.71. The van der Waals surface area contributed by atoms with E-state index in [1.165, 1.54) is 7.11 Å². The van der Waals surface area contributed by atoms with Gasteiger partial charge in [0.1, 0.15) is 0 Å². The molecule has 1 rings (SSSR count). The standard InChI is InChI=1S/C13H19ClFNO/c1-3-16(9-5-8-14)10-11-6-4-7-12(17-2)13(11)15/h4,6-7H,3,5,8-10H2,1-2H3. The monoisotopic (exact) mass is 259 g/mol. The van der Waals surface area contributed by atoms with Crippen molar-refractivity contribution in [2.75, 3.05) is 26.1 Å². The quantitative estimate of drug-likeness (QED) is 0.697. The Labute approximate surface area is 107 Å². The summed E-state index contributed by atoms with van der Waals surface area (Å²) in [7, 11) is 1.48. The van der Waals surface area contributed by atoms with Crippen LogP contribution in [0.1, 0.15) is 18.9 Å². The molecule has 0 spiro atoms. The molecule has 0 saturated carbocycles. The van der Waals surface area contributed by atoms with E-state index in [1.54, 1.807) is 12.1 Å². The molecule has 0 bridgehead atoms. The van der Waals surface area contributed by atoms with Crippen molar-refractivity contribution in [3.05, 3.63) is 29.6 Å². The summed E-state index contributed by atoms with van der Waals surface area (Å²) in [5.41, 5.74) is 0.667. The minimum absolute atomic E-state index is 0.265. The lowest BCUT2D eigenvalue weighted by atomic mass is 10.2. The van der Waals surface area contributed by atoms with Crippen molar-refractivity contribution >= 4 is 11.6 Å². The van der Waals surface area contributed by atoms with E-state index in [2.05, 4.69) is 11.8 Å². The lowest BCUT2D eigenvalue weighted by molar-refractivity contribution is 0.275. The maximum Gasteiger partial charge on any atom is 0.169 e. The highest BCUT2D eigenvalue weighted by atomic mass is 35.5. The molecule has 0 unspecified atom stereocenters. The van der Waals surface area contributed by atoms with Gasteiger partial charge in [0, 0.05) is 18.0 Å². The number of nitrogens with zero attached hydrogens (tertiary/aromatic N) is 1. The molecule has 0 atom stereocenters. The fourth-order valence-corrected chi connectivity index (χ4v) is 1.83. The van der Waals surface area contributed by atoms with Gasteiger partial charge in [-0.05, 0) is 25.6 Å². The molecule has 2 nitrogen and oxygen atoms in total. The largest absolute Gasteiger partial charge is 0.494 e. The van der Waals surface area contributed by atoms with Gasteiger partial charge in [0.25, 0.3) is 0 Å². The van der Waals surface area contributed by atoms with Gasteiger partial charge in [-0.25, -0.2) is 4.39 Å². The Balaban J connectivity index is 2.72. The van der Waals surface area contributed by atoms with Crippen LogP contribution in [0.5, 0.6) is 5.75 Å². The highest BCUT2D eigenvalue weighted by molar-refractivity contribution is 6.17. The normalized spacial score (nSPS) is 10.9. The zero-order valence-corrected chi connectivity index (χ0v) is 11.1. The fourth-order valence-electron chi connectivity index (χ4n) is 1.71. The predicted octanol–water partition coefficient (Wildman–Crippen LogP) is 3.29. The molecule has 17 heavy (non-hydrogen) atoms. The lowest BCUT2D eigenvalue weighted by Crippen LogP contribution is -2.24. The number of hydrogen-bond donors (Lipinski definition) is 0. The van der Waals surface area contributed by atoms with E-state index >= 15 is 0 Å². The fraction of sp³-hybridized carbons (Fsp3) is 0.538. The summed E-state index contributed by atoms with van der Waals surface area (Å²) in [5, 5.41) is 0. The van der Waals surface area contributed by atoms with Crippen molar-refractivity contribution in [3.8, 4) is 5.75 Å². The van der Waals surface area contributed by atoms with E-state index in [0.717, 1.165) is 19.5 Å². The van der Waals surface area contributed by atoms with Gasteiger partial charge in [0.2, 0.25) is 0 Å². The molecular weight excluding hydrogens is 241 g/mol. The molecule has 0 aromatic heterocycles. The van der Waals surface area contributed by atoms with Crippen LogP contribution in [0, 0.1) is 5.82 Å². The van der Waals surface area contributed by atoms with Gasteiger partial charge >= 0.3 is 0 Å². The smallest absolute Gasteiger partial charge is 0.169 e. The average Bonchev–Trinajstić information content (AvgIpc) is 2.36. The van der Waals surface area contributed by atoms with Crippen molar-refractivity contribution in [1.82, 2.24) is 4.90 Å². The van der Waals surface area contributed by atoms with E-state index in [9.17, 15) is 4.39 Å². The van der Waals surface area contributed by atoms with Gasteiger partial charge in [-0.3, -0.25) is 4.90 Å². The predicted molar refractivity (Wildman–Crippen MR) is 69.2 cm³/mol. The van der Waals surface area contributed by atoms with Gasteiger partial charge in [-0.1, -0.05) is 19.1 Å². The summed E-state index contributed by atoms with van der Waals surface area (Å²) in [6.45, 7) is 4.42. The topological polar surface area (TPSA) is 12.5 Å². The van der Waals surface area contributed by atoms with Crippen molar-refractivity contribution in [2.45, 2.75) is 19.9 Å². The third-order valence-corrected chi connectivity index (χ3v) is 2.98. The SMILES string of the molecule is CCN(CCCCl)Cc1cccc(OC)c1F. The van der Waals surface area contributed by atoms with Crippen LogP contribution in [0.15, 0.2) is 18.2 Å². The Kier molecular flexibility index (Phi) is 6.30. The number of hydrogen-bond acceptors (Lipinski definition) is 2. The van der Waals surface area contributed by atoms with Crippen molar-refractivity contribution < 1.29 is 9.13 Å². The summed E-state index contributed by atoms with van der Waals surface area (Å²) in [6, 6.07) is 5.24. The zero-order chi connectivity index (χ0) is 12.7.